The van der Waals surface area contributed by atoms with Gasteiger partial charge in [-0.2, -0.15) is 0 Å². The highest BCUT2D eigenvalue weighted by Gasteiger charge is 2.41. The minimum Gasteiger partial charge on any atom is -0.497 e. The number of aliphatic imine (C=N–C) groups is 1. The first-order chi connectivity index (χ1) is 16.0. The number of methoxy groups -OCH3 is 2. The molecule has 1 fully saturated rings. The van der Waals surface area contributed by atoms with E-state index in [4.69, 9.17) is 14.2 Å². The van der Waals surface area contributed by atoms with Crippen LogP contribution in [-0.2, 0) is 14.3 Å². The number of allylic oxidation sites excluding steroid dienone is 1. The number of rotatable bonds is 7. The van der Waals surface area contributed by atoms with Crippen LogP contribution in [0.3, 0.4) is 0 Å². The van der Waals surface area contributed by atoms with Crippen LogP contribution in [0.5, 0.6) is 11.5 Å². The van der Waals surface area contributed by atoms with Gasteiger partial charge in [0.25, 0.3) is 0 Å². The van der Waals surface area contributed by atoms with Crippen molar-refractivity contribution in [2.45, 2.75) is 39.2 Å². The molecule has 1 atom stereocenters. The minimum atomic E-state index is -0.520. The van der Waals surface area contributed by atoms with E-state index in [1.165, 1.54) is 11.8 Å². The number of likely N-dealkylation sites (tertiary alicyclic amines) is 1. The fourth-order valence-corrected chi connectivity index (χ4v) is 5.34. The van der Waals surface area contributed by atoms with Crippen molar-refractivity contribution in [2.75, 3.05) is 33.9 Å². The number of thioether (sulfide) groups is 1. The van der Waals surface area contributed by atoms with Crippen molar-refractivity contribution in [1.29, 1.82) is 0 Å². The van der Waals surface area contributed by atoms with Gasteiger partial charge in [-0.3, -0.25) is 4.79 Å². The van der Waals surface area contributed by atoms with Crippen LogP contribution in [0.25, 0.3) is 0 Å². The number of hydrogen-bond donors (Lipinski definition) is 0. The fourth-order valence-electron chi connectivity index (χ4n) is 4.38. The third kappa shape index (κ3) is 4.59. The predicted octanol–water partition coefficient (Wildman–Crippen LogP) is 3.85. The summed E-state index contributed by atoms with van der Waals surface area (Å²) < 4.78 is 16.4. The molecule has 0 aromatic heterocycles. The zero-order chi connectivity index (χ0) is 23.5. The number of ether oxygens (including phenoxy) is 3. The normalized spacial score (nSPS) is 19.8. The van der Waals surface area contributed by atoms with E-state index >= 15 is 0 Å². The molecule has 1 aromatic rings. The highest BCUT2D eigenvalue weighted by Crippen LogP contribution is 2.46. The minimum absolute atomic E-state index is 0.0894. The molecule has 8 nitrogen and oxygen atoms in total. The van der Waals surface area contributed by atoms with Crippen LogP contribution in [-0.4, -0.2) is 60.8 Å². The Morgan fingerprint density at radius 3 is 2.39 bits per heavy atom. The predicted molar refractivity (Wildman–Crippen MR) is 127 cm³/mol. The second-order valence-electron chi connectivity index (χ2n) is 8.02. The first-order valence-corrected chi connectivity index (χ1v) is 12.0. The van der Waals surface area contributed by atoms with Crippen molar-refractivity contribution in [1.82, 2.24) is 9.80 Å². The van der Waals surface area contributed by atoms with Crippen LogP contribution >= 0.6 is 11.8 Å². The largest absolute Gasteiger partial charge is 0.497 e. The van der Waals surface area contributed by atoms with Crippen molar-refractivity contribution in [3.8, 4) is 11.5 Å². The van der Waals surface area contributed by atoms with Gasteiger partial charge in [-0.05, 0) is 49.8 Å². The number of carbonyl (C=O) groups is 2. The Kier molecular flexibility index (Phi) is 6.97. The molecule has 3 heterocycles. The summed E-state index contributed by atoms with van der Waals surface area (Å²) in [7, 11) is 3.18. The highest BCUT2D eigenvalue weighted by molar-refractivity contribution is 8.16. The number of nitrogens with zero attached hydrogens (tertiary/aromatic N) is 3. The number of carbonyl (C=O) groups excluding carboxylic acids is 2. The standard InChI is InChI=1S/C24H29N3O5S/c1-5-32-23(29)21-15(2)25-24-27(17(14-33-24)12-20(28)26-8-6-7-9-26)22(21)16-10-18(30-3)13-19(11-16)31-4/h10-11,13-14,22H,5-9,12H2,1-4H3. The number of amidine groups is 1. The first-order valence-electron chi connectivity index (χ1n) is 11.1. The van der Waals surface area contributed by atoms with E-state index < -0.39 is 12.0 Å². The summed E-state index contributed by atoms with van der Waals surface area (Å²) in [6.07, 6.45) is 2.33. The van der Waals surface area contributed by atoms with Gasteiger partial charge in [-0.25, -0.2) is 9.79 Å². The monoisotopic (exact) mass is 471 g/mol. The molecule has 33 heavy (non-hydrogen) atoms. The first kappa shape index (κ1) is 23.2. The van der Waals surface area contributed by atoms with Crippen molar-refractivity contribution in [2.24, 2.45) is 4.99 Å². The molecule has 1 aromatic carbocycles. The van der Waals surface area contributed by atoms with E-state index in [2.05, 4.69) is 4.99 Å². The van der Waals surface area contributed by atoms with E-state index in [1.54, 1.807) is 27.2 Å². The summed E-state index contributed by atoms with van der Waals surface area (Å²) in [4.78, 5) is 34.6. The van der Waals surface area contributed by atoms with Gasteiger partial charge >= 0.3 is 5.97 Å². The SMILES string of the molecule is CCOC(=O)C1=C(C)N=C2SC=C(CC(=O)N3CCCC3)N2C1c1cc(OC)cc(OC)c1. The Labute approximate surface area is 198 Å². The number of fused-ring (bicyclic) bond motifs is 1. The van der Waals surface area contributed by atoms with E-state index in [9.17, 15) is 9.59 Å². The Balaban J connectivity index is 1.77. The summed E-state index contributed by atoms with van der Waals surface area (Å²) in [5.41, 5.74) is 2.65. The lowest BCUT2D eigenvalue weighted by atomic mass is 9.93. The zero-order valence-electron chi connectivity index (χ0n) is 19.4. The quantitative estimate of drug-likeness (QED) is 0.559. The molecule has 0 aliphatic carbocycles. The highest BCUT2D eigenvalue weighted by atomic mass is 32.2. The topological polar surface area (TPSA) is 80.7 Å². The van der Waals surface area contributed by atoms with Gasteiger partial charge in [0.1, 0.15) is 11.5 Å². The van der Waals surface area contributed by atoms with Gasteiger partial charge in [0.2, 0.25) is 5.91 Å². The van der Waals surface area contributed by atoms with Crippen molar-refractivity contribution in [3.63, 3.8) is 0 Å². The number of esters is 1. The number of amides is 1. The van der Waals surface area contributed by atoms with Gasteiger partial charge in [-0.1, -0.05) is 11.8 Å². The van der Waals surface area contributed by atoms with E-state index in [1.807, 2.05) is 34.3 Å². The number of hydrogen-bond acceptors (Lipinski definition) is 8. The summed E-state index contributed by atoms with van der Waals surface area (Å²) in [5.74, 6) is 0.887. The van der Waals surface area contributed by atoms with Gasteiger partial charge in [0, 0.05) is 24.9 Å². The Morgan fingerprint density at radius 2 is 1.79 bits per heavy atom. The lowest BCUT2D eigenvalue weighted by Gasteiger charge is -2.36. The number of benzene rings is 1. The van der Waals surface area contributed by atoms with Crippen LogP contribution in [0.4, 0.5) is 0 Å². The molecule has 9 heteroatoms. The lowest BCUT2D eigenvalue weighted by molar-refractivity contribution is -0.139. The average molecular weight is 472 g/mol. The Morgan fingerprint density at radius 1 is 1.12 bits per heavy atom. The van der Waals surface area contributed by atoms with E-state index in [0.29, 0.717) is 22.8 Å². The zero-order valence-corrected chi connectivity index (χ0v) is 20.2. The summed E-state index contributed by atoms with van der Waals surface area (Å²) in [5, 5.41) is 2.69. The lowest BCUT2D eigenvalue weighted by Crippen LogP contribution is -2.38. The summed E-state index contributed by atoms with van der Waals surface area (Å²) in [6.45, 7) is 5.44. The summed E-state index contributed by atoms with van der Waals surface area (Å²) >= 11 is 1.46. The maximum absolute atomic E-state index is 13.1. The van der Waals surface area contributed by atoms with Crippen LogP contribution in [0.2, 0.25) is 0 Å². The molecule has 0 N–H and O–H groups in total. The molecule has 4 rings (SSSR count). The van der Waals surface area contributed by atoms with Crippen molar-refractivity contribution < 1.29 is 23.8 Å². The van der Waals surface area contributed by atoms with E-state index in [-0.39, 0.29) is 18.9 Å². The maximum atomic E-state index is 13.1. The van der Waals surface area contributed by atoms with Crippen LogP contribution in [0.1, 0.15) is 44.7 Å². The van der Waals surface area contributed by atoms with Crippen molar-refractivity contribution in [3.05, 3.63) is 46.1 Å². The van der Waals surface area contributed by atoms with Gasteiger partial charge in [0.15, 0.2) is 5.17 Å². The molecule has 1 saturated heterocycles. The van der Waals surface area contributed by atoms with Crippen LogP contribution in [0, 0.1) is 0 Å². The molecule has 3 aliphatic heterocycles. The molecule has 0 saturated carbocycles. The molecule has 1 unspecified atom stereocenters. The third-order valence-electron chi connectivity index (χ3n) is 5.98. The molecule has 176 valence electrons. The van der Waals surface area contributed by atoms with E-state index in [0.717, 1.165) is 42.4 Å². The average Bonchev–Trinajstić information content (AvgIpc) is 3.48. The second-order valence-corrected chi connectivity index (χ2v) is 8.86. The van der Waals surface area contributed by atoms with Gasteiger partial charge in [0.05, 0.1) is 44.6 Å². The molecular formula is C24H29N3O5S. The summed E-state index contributed by atoms with van der Waals surface area (Å²) in [6, 6.07) is 5.03. The second kappa shape index (κ2) is 9.91. The smallest absolute Gasteiger partial charge is 0.338 e. The Hall–Kier alpha value is -2.94. The van der Waals surface area contributed by atoms with Gasteiger partial charge < -0.3 is 24.0 Å². The maximum Gasteiger partial charge on any atom is 0.338 e. The molecule has 1 amide bonds. The van der Waals surface area contributed by atoms with Crippen LogP contribution < -0.4 is 9.47 Å². The Bertz CT molecular complexity index is 1020. The van der Waals surface area contributed by atoms with Gasteiger partial charge in [-0.15, -0.1) is 0 Å². The van der Waals surface area contributed by atoms with Crippen molar-refractivity contribution >= 4 is 28.8 Å². The molecular weight excluding hydrogens is 442 g/mol. The fraction of sp³-hybridized carbons (Fsp3) is 0.458. The molecule has 3 aliphatic rings. The third-order valence-corrected chi connectivity index (χ3v) is 6.87. The molecule has 0 bridgehead atoms. The molecule has 0 spiro atoms. The molecule has 0 radical (unpaired) electrons. The van der Waals surface area contributed by atoms with Crippen LogP contribution in [0.15, 0.2) is 45.6 Å².